The average Bonchev–Trinajstić information content (AvgIpc) is 2.41. The van der Waals surface area contributed by atoms with Crippen LogP contribution >= 0.6 is 0 Å². The van der Waals surface area contributed by atoms with Crippen molar-refractivity contribution in [3.8, 4) is 0 Å². The molecule has 3 N–H and O–H groups in total. The van der Waals surface area contributed by atoms with E-state index in [0.717, 1.165) is 13.1 Å². The number of aliphatic hydroxyl groups excluding tert-OH is 1. The van der Waals surface area contributed by atoms with E-state index in [4.69, 9.17) is 5.11 Å². The predicted octanol–water partition coefficient (Wildman–Crippen LogP) is 0.932. The molecule has 0 spiro atoms. The molecule has 0 aliphatic carbocycles. The van der Waals surface area contributed by atoms with Crippen LogP contribution in [0.25, 0.3) is 0 Å². The monoisotopic (exact) mass is 257 g/mol. The van der Waals surface area contributed by atoms with Gasteiger partial charge in [-0.25, -0.2) is 4.79 Å². The fourth-order valence-electron chi connectivity index (χ4n) is 2.39. The molecule has 1 atom stereocenters. The van der Waals surface area contributed by atoms with Crippen LogP contribution in [-0.2, 0) is 0 Å². The number of aliphatic hydroxyl groups is 1. The van der Waals surface area contributed by atoms with Crippen molar-refractivity contribution >= 4 is 6.03 Å². The Morgan fingerprint density at radius 1 is 1.39 bits per heavy atom. The zero-order chi connectivity index (χ0) is 13.2. The van der Waals surface area contributed by atoms with E-state index in [9.17, 15) is 4.79 Å². The maximum Gasteiger partial charge on any atom is 0.314 e. The highest BCUT2D eigenvalue weighted by Gasteiger charge is 2.21. The van der Waals surface area contributed by atoms with Gasteiger partial charge in [-0.1, -0.05) is 19.8 Å². The minimum Gasteiger partial charge on any atom is -0.395 e. The fourth-order valence-corrected chi connectivity index (χ4v) is 2.39. The molecule has 1 heterocycles. The topological polar surface area (TPSA) is 64.6 Å². The Kier molecular flexibility index (Phi) is 7.76. The van der Waals surface area contributed by atoms with Gasteiger partial charge in [0.15, 0.2) is 0 Å². The quantitative estimate of drug-likeness (QED) is 0.636. The molecule has 1 aliphatic heterocycles. The van der Waals surface area contributed by atoms with Gasteiger partial charge in [-0.3, -0.25) is 4.90 Å². The minimum atomic E-state index is -0.176. The van der Waals surface area contributed by atoms with Crippen LogP contribution in [0.1, 0.15) is 39.0 Å². The van der Waals surface area contributed by atoms with Crippen molar-refractivity contribution in [2.24, 2.45) is 0 Å². The van der Waals surface area contributed by atoms with E-state index >= 15 is 0 Å². The molecule has 1 aliphatic rings. The number of hydrogen-bond acceptors (Lipinski definition) is 3. The van der Waals surface area contributed by atoms with Gasteiger partial charge >= 0.3 is 6.03 Å². The summed E-state index contributed by atoms with van der Waals surface area (Å²) in [6, 6.07) is 0.301. The Balaban J connectivity index is 2.26. The van der Waals surface area contributed by atoms with Gasteiger partial charge in [0.25, 0.3) is 0 Å². The maximum atomic E-state index is 11.4. The van der Waals surface area contributed by atoms with Gasteiger partial charge in [0, 0.05) is 19.1 Å². The lowest BCUT2D eigenvalue weighted by atomic mass is 10.0. The lowest BCUT2D eigenvalue weighted by molar-refractivity contribution is 0.144. The van der Waals surface area contributed by atoms with Crippen LogP contribution in [0.3, 0.4) is 0 Å². The highest BCUT2D eigenvalue weighted by Crippen LogP contribution is 2.16. The van der Waals surface area contributed by atoms with Crippen molar-refractivity contribution in [2.45, 2.75) is 45.1 Å². The van der Waals surface area contributed by atoms with Crippen LogP contribution in [0.15, 0.2) is 0 Å². The summed E-state index contributed by atoms with van der Waals surface area (Å²) in [5, 5.41) is 14.1. The number of carbonyl (C=O) groups is 1. The first-order chi connectivity index (χ1) is 8.77. The molecule has 0 bridgehead atoms. The number of amides is 2. The third-order valence-corrected chi connectivity index (χ3v) is 3.44. The maximum absolute atomic E-state index is 11.4. The molecule has 1 saturated heterocycles. The SMILES string of the molecule is CCCCN1CCCCC1CNC(=O)NCCO. The molecule has 0 aromatic heterocycles. The number of piperidine rings is 1. The number of hydrogen-bond donors (Lipinski definition) is 3. The third-order valence-electron chi connectivity index (χ3n) is 3.44. The van der Waals surface area contributed by atoms with Crippen LogP contribution in [0.5, 0.6) is 0 Å². The van der Waals surface area contributed by atoms with Gasteiger partial charge in [0.05, 0.1) is 6.61 Å². The molecule has 0 radical (unpaired) electrons. The van der Waals surface area contributed by atoms with E-state index in [1.165, 1.54) is 32.1 Å². The molecule has 1 fully saturated rings. The highest BCUT2D eigenvalue weighted by atomic mass is 16.3. The summed E-state index contributed by atoms with van der Waals surface area (Å²) in [6.07, 6.45) is 6.15. The first-order valence-corrected chi connectivity index (χ1v) is 7.14. The van der Waals surface area contributed by atoms with E-state index in [1.807, 2.05) is 0 Å². The second kappa shape index (κ2) is 9.16. The number of rotatable bonds is 7. The van der Waals surface area contributed by atoms with Crippen LogP contribution in [0.2, 0.25) is 0 Å². The zero-order valence-electron chi connectivity index (χ0n) is 11.5. The van der Waals surface area contributed by atoms with Crippen molar-refractivity contribution in [3.05, 3.63) is 0 Å². The Bertz CT molecular complexity index is 236. The molecule has 1 rings (SSSR count). The first kappa shape index (κ1) is 15.2. The number of unbranched alkanes of at least 4 members (excludes halogenated alkanes) is 1. The van der Waals surface area contributed by atoms with E-state index in [0.29, 0.717) is 19.1 Å². The van der Waals surface area contributed by atoms with Crippen molar-refractivity contribution in [3.63, 3.8) is 0 Å². The molecule has 0 aromatic carbocycles. The predicted molar refractivity (Wildman–Crippen MR) is 72.6 cm³/mol. The van der Waals surface area contributed by atoms with E-state index in [-0.39, 0.29) is 12.6 Å². The Morgan fingerprint density at radius 2 is 2.22 bits per heavy atom. The second-order valence-electron chi connectivity index (χ2n) is 4.90. The molecule has 18 heavy (non-hydrogen) atoms. The largest absolute Gasteiger partial charge is 0.395 e. The molecule has 0 saturated carbocycles. The summed E-state index contributed by atoms with van der Waals surface area (Å²) < 4.78 is 0. The standard InChI is InChI=1S/C13H27N3O2/c1-2-3-8-16-9-5-4-6-12(16)11-15-13(18)14-7-10-17/h12,17H,2-11H2,1H3,(H2,14,15,18). The molecule has 5 nitrogen and oxygen atoms in total. The number of urea groups is 1. The molecule has 1 unspecified atom stereocenters. The number of nitrogens with zero attached hydrogens (tertiary/aromatic N) is 1. The van der Waals surface area contributed by atoms with Gasteiger partial charge in [-0.15, -0.1) is 0 Å². The molecule has 2 amide bonds. The molecular formula is C13H27N3O2. The summed E-state index contributed by atoms with van der Waals surface area (Å²) >= 11 is 0. The lowest BCUT2D eigenvalue weighted by Gasteiger charge is -2.35. The first-order valence-electron chi connectivity index (χ1n) is 7.14. The summed E-state index contributed by atoms with van der Waals surface area (Å²) in [7, 11) is 0. The number of carbonyl (C=O) groups excluding carboxylic acids is 1. The molecule has 5 heteroatoms. The number of nitrogens with one attached hydrogen (secondary N) is 2. The van der Waals surface area contributed by atoms with Crippen molar-refractivity contribution in [2.75, 3.05) is 32.8 Å². The normalized spacial score (nSPS) is 20.7. The van der Waals surface area contributed by atoms with Crippen LogP contribution < -0.4 is 10.6 Å². The van der Waals surface area contributed by atoms with E-state index in [2.05, 4.69) is 22.5 Å². The zero-order valence-corrected chi connectivity index (χ0v) is 11.5. The number of likely N-dealkylation sites (tertiary alicyclic amines) is 1. The van der Waals surface area contributed by atoms with E-state index < -0.39 is 0 Å². The fraction of sp³-hybridized carbons (Fsp3) is 0.923. The average molecular weight is 257 g/mol. The lowest BCUT2D eigenvalue weighted by Crippen LogP contribution is -2.49. The Hall–Kier alpha value is -0.810. The third kappa shape index (κ3) is 5.69. The Morgan fingerprint density at radius 3 is 2.94 bits per heavy atom. The molecular weight excluding hydrogens is 230 g/mol. The van der Waals surface area contributed by atoms with E-state index in [1.54, 1.807) is 0 Å². The summed E-state index contributed by atoms with van der Waals surface area (Å²) in [4.78, 5) is 13.9. The van der Waals surface area contributed by atoms with Crippen molar-refractivity contribution in [1.29, 1.82) is 0 Å². The van der Waals surface area contributed by atoms with Crippen LogP contribution in [0, 0.1) is 0 Å². The van der Waals surface area contributed by atoms with Gasteiger partial charge in [-0.05, 0) is 32.4 Å². The Labute approximate surface area is 110 Å². The molecule has 0 aromatic rings. The minimum absolute atomic E-state index is 0.0144. The van der Waals surface area contributed by atoms with Crippen LogP contribution in [-0.4, -0.2) is 54.9 Å². The van der Waals surface area contributed by atoms with Gasteiger partial charge < -0.3 is 15.7 Å². The van der Waals surface area contributed by atoms with Crippen LogP contribution in [0.4, 0.5) is 4.79 Å². The second-order valence-corrected chi connectivity index (χ2v) is 4.90. The highest BCUT2D eigenvalue weighted by molar-refractivity contribution is 5.73. The smallest absolute Gasteiger partial charge is 0.314 e. The van der Waals surface area contributed by atoms with Gasteiger partial charge in [-0.2, -0.15) is 0 Å². The summed E-state index contributed by atoms with van der Waals surface area (Å²) in [6.45, 7) is 5.52. The summed E-state index contributed by atoms with van der Waals surface area (Å²) in [5.41, 5.74) is 0. The van der Waals surface area contributed by atoms with Crippen molar-refractivity contribution in [1.82, 2.24) is 15.5 Å². The van der Waals surface area contributed by atoms with Crippen molar-refractivity contribution < 1.29 is 9.90 Å². The van der Waals surface area contributed by atoms with Gasteiger partial charge in [0.1, 0.15) is 0 Å². The summed E-state index contributed by atoms with van der Waals surface area (Å²) in [5.74, 6) is 0. The molecule has 106 valence electrons. The van der Waals surface area contributed by atoms with Gasteiger partial charge in [0.2, 0.25) is 0 Å².